The highest BCUT2D eigenvalue weighted by Crippen LogP contribution is 2.27. The smallest absolute Gasteiger partial charge is 0.166 e. The van der Waals surface area contributed by atoms with Crippen molar-refractivity contribution in [2.45, 2.75) is 25.7 Å². The predicted octanol–water partition coefficient (Wildman–Crippen LogP) is 4.20. The number of Topliss-reactive ketones (excluding diaryl/α,β-unsaturated/α-hetero) is 1. The van der Waals surface area contributed by atoms with E-state index in [2.05, 4.69) is 0 Å². The number of ketones is 1. The van der Waals surface area contributed by atoms with Gasteiger partial charge in [0.15, 0.2) is 5.78 Å². The highest BCUT2D eigenvalue weighted by Gasteiger charge is 2.25. The van der Waals surface area contributed by atoms with Crippen LogP contribution in [0.1, 0.15) is 34.3 Å². The first-order valence-electron chi connectivity index (χ1n) is 7.11. The van der Waals surface area contributed by atoms with E-state index in [0.29, 0.717) is 12.0 Å². The third-order valence-electron chi connectivity index (χ3n) is 4.08. The Kier molecular flexibility index (Phi) is 3.64. The fourth-order valence-electron chi connectivity index (χ4n) is 2.99. The van der Waals surface area contributed by atoms with Crippen molar-refractivity contribution in [2.24, 2.45) is 5.92 Å². The lowest BCUT2D eigenvalue weighted by atomic mass is 9.89. The first-order chi connectivity index (χ1) is 9.75. The summed E-state index contributed by atoms with van der Waals surface area (Å²) in [6, 6.07) is 14.6. The number of rotatable bonds is 2. The molecule has 0 saturated heterocycles. The molecular formula is C18H17FO. The minimum Gasteiger partial charge on any atom is -0.294 e. The molecular weight excluding hydrogens is 251 g/mol. The lowest BCUT2D eigenvalue weighted by Crippen LogP contribution is -2.17. The molecule has 0 aliphatic heterocycles. The standard InChI is InChI=1S/C18H17FO/c19-17-11-4-2-7-14(17)12-15-9-5-8-13-6-1-3-10-16(13)18(15)20/h1-4,6-7,10-11,15H,5,8-9,12H2. The maximum Gasteiger partial charge on any atom is 0.166 e. The zero-order valence-corrected chi connectivity index (χ0v) is 11.3. The topological polar surface area (TPSA) is 17.1 Å². The van der Waals surface area contributed by atoms with Gasteiger partial charge in [-0.2, -0.15) is 0 Å². The summed E-state index contributed by atoms with van der Waals surface area (Å²) in [6.07, 6.45) is 3.26. The highest BCUT2D eigenvalue weighted by atomic mass is 19.1. The maximum absolute atomic E-state index is 13.8. The van der Waals surface area contributed by atoms with Crippen molar-refractivity contribution >= 4 is 5.78 Å². The summed E-state index contributed by atoms with van der Waals surface area (Å²) >= 11 is 0. The van der Waals surface area contributed by atoms with Crippen molar-refractivity contribution in [3.63, 3.8) is 0 Å². The van der Waals surface area contributed by atoms with Crippen LogP contribution in [0, 0.1) is 11.7 Å². The van der Waals surface area contributed by atoms with Gasteiger partial charge in [-0.15, -0.1) is 0 Å². The minimum absolute atomic E-state index is 0.101. The number of carbonyl (C=O) groups is 1. The van der Waals surface area contributed by atoms with Crippen molar-refractivity contribution < 1.29 is 9.18 Å². The van der Waals surface area contributed by atoms with Crippen molar-refractivity contribution in [3.05, 3.63) is 71.0 Å². The van der Waals surface area contributed by atoms with Gasteiger partial charge < -0.3 is 0 Å². The summed E-state index contributed by atoms with van der Waals surface area (Å²) in [5, 5.41) is 0. The Bertz CT molecular complexity index is 633. The van der Waals surface area contributed by atoms with Crippen molar-refractivity contribution in [3.8, 4) is 0 Å². The maximum atomic E-state index is 13.8. The lowest BCUT2D eigenvalue weighted by Gasteiger charge is -2.14. The summed E-state index contributed by atoms with van der Waals surface area (Å²) < 4.78 is 13.8. The fourth-order valence-corrected chi connectivity index (χ4v) is 2.99. The predicted molar refractivity (Wildman–Crippen MR) is 77.3 cm³/mol. The Morgan fingerprint density at radius 2 is 1.80 bits per heavy atom. The second kappa shape index (κ2) is 5.58. The summed E-state index contributed by atoms with van der Waals surface area (Å²) in [4.78, 5) is 12.6. The third-order valence-corrected chi connectivity index (χ3v) is 4.08. The second-order valence-corrected chi connectivity index (χ2v) is 5.41. The first kappa shape index (κ1) is 13.0. The van der Waals surface area contributed by atoms with E-state index in [1.165, 1.54) is 6.07 Å². The van der Waals surface area contributed by atoms with Crippen molar-refractivity contribution in [1.29, 1.82) is 0 Å². The van der Waals surface area contributed by atoms with E-state index in [-0.39, 0.29) is 17.5 Å². The number of carbonyl (C=O) groups excluding carboxylic acids is 1. The van der Waals surface area contributed by atoms with Gasteiger partial charge in [0.05, 0.1) is 0 Å². The minimum atomic E-state index is -0.210. The molecule has 20 heavy (non-hydrogen) atoms. The second-order valence-electron chi connectivity index (χ2n) is 5.41. The summed E-state index contributed by atoms with van der Waals surface area (Å²) in [7, 11) is 0. The molecule has 0 N–H and O–H groups in total. The van der Waals surface area contributed by atoms with Crippen LogP contribution < -0.4 is 0 Å². The number of hydrogen-bond acceptors (Lipinski definition) is 1. The van der Waals surface area contributed by atoms with Crippen LogP contribution in [0.5, 0.6) is 0 Å². The molecule has 1 atom stereocenters. The molecule has 2 aromatic rings. The van der Waals surface area contributed by atoms with Crippen molar-refractivity contribution in [2.75, 3.05) is 0 Å². The Balaban J connectivity index is 1.88. The molecule has 0 saturated carbocycles. The number of benzene rings is 2. The van der Waals surface area contributed by atoms with E-state index in [0.717, 1.165) is 30.4 Å². The van der Waals surface area contributed by atoms with E-state index >= 15 is 0 Å². The Morgan fingerprint density at radius 3 is 2.65 bits per heavy atom. The molecule has 2 aromatic carbocycles. The van der Waals surface area contributed by atoms with Gasteiger partial charge in [-0.1, -0.05) is 42.5 Å². The molecule has 0 aromatic heterocycles. The fraction of sp³-hybridized carbons (Fsp3) is 0.278. The van der Waals surface area contributed by atoms with Crippen LogP contribution in [0.15, 0.2) is 48.5 Å². The zero-order chi connectivity index (χ0) is 13.9. The molecule has 2 heteroatoms. The van der Waals surface area contributed by atoms with E-state index in [4.69, 9.17) is 0 Å². The molecule has 0 heterocycles. The van der Waals surface area contributed by atoms with Gasteiger partial charge in [-0.25, -0.2) is 4.39 Å². The van der Waals surface area contributed by atoms with Crippen LogP contribution in [0.3, 0.4) is 0 Å². The third kappa shape index (κ3) is 2.51. The molecule has 1 aliphatic carbocycles. The van der Waals surface area contributed by atoms with Gasteiger partial charge in [0.2, 0.25) is 0 Å². The van der Waals surface area contributed by atoms with E-state index < -0.39 is 0 Å². The quantitative estimate of drug-likeness (QED) is 0.746. The Morgan fingerprint density at radius 1 is 1.05 bits per heavy atom. The number of halogens is 1. The monoisotopic (exact) mass is 268 g/mol. The summed E-state index contributed by atoms with van der Waals surface area (Å²) in [5.74, 6) is -0.144. The molecule has 0 spiro atoms. The van der Waals surface area contributed by atoms with Crippen LogP contribution in [0.4, 0.5) is 4.39 Å². The van der Waals surface area contributed by atoms with Crippen LogP contribution >= 0.6 is 0 Å². The van der Waals surface area contributed by atoms with Gasteiger partial charge in [-0.05, 0) is 42.9 Å². The molecule has 1 aliphatic rings. The van der Waals surface area contributed by atoms with Crippen LogP contribution in [0.25, 0.3) is 0 Å². The SMILES string of the molecule is O=C1c2ccccc2CCCC1Cc1ccccc1F. The first-order valence-corrected chi connectivity index (χ1v) is 7.11. The van der Waals surface area contributed by atoms with Crippen LogP contribution in [0.2, 0.25) is 0 Å². The van der Waals surface area contributed by atoms with Gasteiger partial charge in [0.25, 0.3) is 0 Å². The average molecular weight is 268 g/mol. The number of fused-ring (bicyclic) bond motifs is 1. The van der Waals surface area contributed by atoms with Gasteiger partial charge in [0.1, 0.15) is 5.82 Å². The van der Waals surface area contributed by atoms with E-state index in [1.807, 2.05) is 30.3 Å². The number of aryl methyl sites for hydroxylation is 1. The van der Waals surface area contributed by atoms with Gasteiger partial charge >= 0.3 is 0 Å². The normalized spacial score (nSPS) is 18.4. The molecule has 102 valence electrons. The highest BCUT2D eigenvalue weighted by molar-refractivity contribution is 5.99. The van der Waals surface area contributed by atoms with Crippen LogP contribution in [-0.2, 0) is 12.8 Å². The summed E-state index contributed by atoms with van der Waals surface area (Å²) in [5.41, 5.74) is 2.60. The van der Waals surface area contributed by atoms with Crippen LogP contribution in [-0.4, -0.2) is 5.78 Å². The molecule has 0 bridgehead atoms. The van der Waals surface area contributed by atoms with E-state index in [9.17, 15) is 9.18 Å². The molecule has 0 radical (unpaired) electrons. The van der Waals surface area contributed by atoms with Gasteiger partial charge in [-0.3, -0.25) is 4.79 Å². The molecule has 0 amide bonds. The molecule has 1 unspecified atom stereocenters. The summed E-state index contributed by atoms with van der Waals surface area (Å²) in [6.45, 7) is 0. The van der Waals surface area contributed by atoms with Crippen molar-refractivity contribution in [1.82, 2.24) is 0 Å². The molecule has 1 nitrogen and oxygen atoms in total. The lowest BCUT2D eigenvalue weighted by molar-refractivity contribution is 0.0915. The Hall–Kier alpha value is -1.96. The number of hydrogen-bond donors (Lipinski definition) is 0. The van der Waals surface area contributed by atoms with E-state index in [1.54, 1.807) is 12.1 Å². The molecule has 0 fully saturated rings. The zero-order valence-electron chi connectivity index (χ0n) is 11.3. The largest absolute Gasteiger partial charge is 0.294 e. The Labute approximate surface area is 118 Å². The molecule has 3 rings (SSSR count). The van der Waals surface area contributed by atoms with Gasteiger partial charge in [0, 0.05) is 11.5 Å². The average Bonchev–Trinajstić information content (AvgIpc) is 2.62.